The molecule has 0 radical (unpaired) electrons. The molecule has 2 heterocycles. The van der Waals surface area contributed by atoms with Crippen molar-refractivity contribution in [2.45, 2.75) is 50.7 Å². The number of nitrogens with zero attached hydrogens (tertiary/aromatic N) is 2. The van der Waals surface area contributed by atoms with E-state index in [1.807, 2.05) is 24.3 Å². The minimum atomic E-state index is -0.00256. The molecule has 1 amide bonds. The maximum Gasteiger partial charge on any atom is 0.251 e. The van der Waals surface area contributed by atoms with Crippen LogP contribution in [0.4, 0.5) is 0 Å². The molecule has 2 aliphatic heterocycles. The third-order valence-corrected chi connectivity index (χ3v) is 7.99. The summed E-state index contributed by atoms with van der Waals surface area (Å²) in [6.07, 6.45) is 4.43. The lowest BCUT2D eigenvalue weighted by atomic mass is 9.90. The number of carbonyl (C=O) groups is 1. The summed E-state index contributed by atoms with van der Waals surface area (Å²) in [4.78, 5) is 17.9. The first-order valence-electron chi connectivity index (χ1n) is 14.3. The van der Waals surface area contributed by atoms with Gasteiger partial charge in [-0.15, -0.1) is 0 Å². The van der Waals surface area contributed by atoms with E-state index in [-0.39, 0.29) is 18.1 Å². The summed E-state index contributed by atoms with van der Waals surface area (Å²) < 4.78 is 6.46. The molecule has 0 saturated carbocycles. The van der Waals surface area contributed by atoms with Crippen molar-refractivity contribution in [3.63, 3.8) is 0 Å². The van der Waals surface area contributed by atoms with Crippen LogP contribution >= 0.6 is 0 Å². The van der Waals surface area contributed by atoms with Crippen LogP contribution in [0, 0.1) is 0 Å². The molecule has 2 aliphatic rings. The quantitative estimate of drug-likeness (QED) is 0.408. The normalized spacial score (nSPS) is 20.8. The highest BCUT2D eigenvalue weighted by Gasteiger charge is 2.26. The van der Waals surface area contributed by atoms with E-state index < -0.39 is 0 Å². The summed E-state index contributed by atoms with van der Waals surface area (Å²) in [7, 11) is 0. The molecule has 200 valence electrons. The monoisotopic (exact) mass is 511 g/mol. The summed E-state index contributed by atoms with van der Waals surface area (Å²) in [5.41, 5.74) is 3.37. The zero-order valence-corrected chi connectivity index (χ0v) is 22.6. The number of rotatable bonds is 9. The molecule has 3 aromatic rings. The molecule has 0 spiro atoms. The van der Waals surface area contributed by atoms with Crippen LogP contribution in [0.2, 0.25) is 0 Å². The van der Waals surface area contributed by atoms with E-state index in [1.165, 1.54) is 11.1 Å². The van der Waals surface area contributed by atoms with Gasteiger partial charge in [-0.25, -0.2) is 0 Å². The molecule has 5 heteroatoms. The van der Waals surface area contributed by atoms with Gasteiger partial charge in [-0.2, -0.15) is 0 Å². The largest absolute Gasteiger partial charge is 0.489 e. The van der Waals surface area contributed by atoms with Crippen LogP contribution in [-0.4, -0.2) is 67.1 Å². The highest BCUT2D eigenvalue weighted by molar-refractivity contribution is 5.94. The molecular weight excluding hydrogens is 470 g/mol. The van der Waals surface area contributed by atoms with Crippen LogP contribution in [0.15, 0.2) is 84.9 Å². The van der Waals surface area contributed by atoms with Gasteiger partial charge in [-0.3, -0.25) is 9.69 Å². The Morgan fingerprint density at radius 1 is 0.868 bits per heavy atom. The Balaban J connectivity index is 1.21. The van der Waals surface area contributed by atoms with E-state index in [0.717, 1.165) is 70.7 Å². The summed E-state index contributed by atoms with van der Waals surface area (Å²) in [6.45, 7) is 8.21. The van der Waals surface area contributed by atoms with Crippen LogP contribution in [0.1, 0.15) is 60.0 Å². The first kappa shape index (κ1) is 26.5. The standard InChI is InChI=1S/C33H41N3O2/c1-2-35-20-10-17-29(23-35)34-33(37)28-16-9-18-30(22-28)38-31-19-11-21-36(24-31)25-32(26-12-5-3-6-13-26)27-14-7-4-8-15-27/h3-9,12-16,18,22,29,31-32H,2,10-11,17,19-21,23-25H2,1H3,(H,34,37). The van der Waals surface area contributed by atoms with Gasteiger partial charge in [-0.05, 0) is 74.6 Å². The van der Waals surface area contributed by atoms with Crippen LogP contribution in [0.5, 0.6) is 5.75 Å². The molecule has 5 nitrogen and oxygen atoms in total. The maximum atomic E-state index is 13.0. The van der Waals surface area contributed by atoms with Crippen molar-refractivity contribution in [1.82, 2.24) is 15.1 Å². The average molecular weight is 512 g/mol. The Morgan fingerprint density at radius 3 is 2.26 bits per heavy atom. The number of hydrogen-bond donors (Lipinski definition) is 1. The fraction of sp³-hybridized carbons (Fsp3) is 0.424. The summed E-state index contributed by atoms with van der Waals surface area (Å²) >= 11 is 0. The Hall–Kier alpha value is -3.15. The Bertz CT molecular complexity index is 1110. The predicted octanol–water partition coefficient (Wildman–Crippen LogP) is 5.58. The van der Waals surface area contributed by atoms with Gasteiger partial charge in [0.05, 0.1) is 0 Å². The third-order valence-electron chi connectivity index (χ3n) is 7.99. The summed E-state index contributed by atoms with van der Waals surface area (Å²) in [5, 5.41) is 3.25. The Morgan fingerprint density at radius 2 is 1.55 bits per heavy atom. The molecule has 38 heavy (non-hydrogen) atoms. The molecule has 3 aromatic carbocycles. The molecular formula is C33H41N3O2. The zero-order valence-electron chi connectivity index (χ0n) is 22.6. The lowest BCUT2D eigenvalue weighted by molar-refractivity contribution is 0.0856. The molecule has 0 aliphatic carbocycles. The van der Waals surface area contributed by atoms with Crippen LogP contribution in [-0.2, 0) is 0 Å². The van der Waals surface area contributed by atoms with Gasteiger partial charge in [0.25, 0.3) is 5.91 Å². The number of carbonyl (C=O) groups excluding carboxylic acids is 1. The van der Waals surface area contributed by atoms with Gasteiger partial charge in [0.2, 0.25) is 0 Å². The fourth-order valence-corrected chi connectivity index (χ4v) is 5.94. The van der Waals surface area contributed by atoms with E-state index in [0.29, 0.717) is 11.5 Å². The minimum Gasteiger partial charge on any atom is -0.489 e. The van der Waals surface area contributed by atoms with E-state index in [4.69, 9.17) is 4.74 Å². The van der Waals surface area contributed by atoms with Gasteiger partial charge in [0, 0.05) is 37.2 Å². The van der Waals surface area contributed by atoms with E-state index >= 15 is 0 Å². The molecule has 0 aromatic heterocycles. The first-order chi connectivity index (χ1) is 18.7. The van der Waals surface area contributed by atoms with E-state index in [1.54, 1.807) is 0 Å². The van der Waals surface area contributed by atoms with Crippen molar-refractivity contribution in [3.8, 4) is 5.75 Å². The highest BCUT2D eigenvalue weighted by atomic mass is 16.5. The second-order valence-electron chi connectivity index (χ2n) is 10.7. The SMILES string of the molecule is CCN1CCCC(NC(=O)c2cccc(OC3CCCN(CC(c4ccccc4)c4ccccc4)C3)c2)C1. The molecule has 2 unspecified atom stereocenters. The minimum absolute atomic E-state index is 0.00256. The average Bonchev–Trinajstić information content (AvgIpc) is 2.97. The highest BCUT2D eigenvalue weighted by Crippen LogP contribution is 2.28. The van der Waals surface area contributed by atoms with Crippen molar-refractivity contribution >= 4 is 5.91 Å². The second-order valence-corrected chi connectivity index (χ2v) is 10.7. The maximum absolute atomic E-state index is 13.0. The van der Waals surface area contributed by atoms with E-state index in [9.17, 15) is 4.79 Å². The smallest absolute Gasteiger partial charge is 0.251 e. The topological polar surface area (TPSA) is 44.8 Å². The lowest BCUT2D eigenvalue weighted by Gasteiger charge is -2.35. The second kappa shape index (κ2) is 13.1. The predicted molar refractivity (Wildman–Crippen MR) is 154 cm³/mol. The molecule has 2 saturated heterocycles. The number of ether oxygens (including phenoxy) is 1. The van der Waals surface area contributed by atoms with Crippen molar-refractivity contribution in [2.75, 3.05) is 39.3 Å². The number of likely N-dealkylation sites (N-methyl/N-ethyl adjacent to an activating group) is 1. The van der Waals surface area contributed by atoms with Crippen LogP contribution in [0.3, 0.4) is 0 Å². The molecule has 0 bridgehead atoms. The number of piperidine rings is 2. The van der Waals surface area contributed by atoms with Crippen molar-refractivity contribution < 1.29 is 9.53 Å². The van der Waals surface area contributed by atoms with Crippen LogP contribution in [0.25, 0.3) is 0 Å². The molecule has 2 fully saturated rings. The number of hydrogen-bond acceptors (Lipinski definition) is 4. The number of nitrogens with one attached hydrogen (secondary N) is 1. The van der Waals surface area contributed by atoms with Gasteiger partial charge in [-0.1, -0.05) is 73.7 Å². The Labute approximate surface area is 227 Å². The van der Waals surface area contributed by atoms with Crippen molar-refractivity contribution in [1.29, 1.82) is 0 Å². The third kappa shape index (κ3) is 7.03. The fourth-order valence-electron chi connectivity index (χ4n) is 5.94. The number of likely N-dealkylation sites (tertiary alicyclic amines) is 2. The van der Waals surface area contributed by atoms with Crippen molar-refractivity contribution in [3.05, 3.63) is 102 Å². The summed E-state index contributed by atoms with van der Waals surface area (Å²) in [6, 6.07) is 29.6. The van der Waals surface area contributed by atoms with Crippen molar-refractivity contribution in [2.24, 2.45) is 0 Å². The lowest BCUT2D eigenvalue weighted by Crippen LogP contribution is -2.47. The molecule has 2 atom stereocenters. The molecule has 5 rings (SSSR count). The first-order valence-corrected chi connectivity index (χ1v) is 14.3. The zero-order chi connectivity index (χ0) is 26.2. The van der Waals surface area contributed by atoms with Crippen LogP contribution < -0.4 is 10.1 Å². The number of amides is 1. The Kier molecular flexibility index (Phi) is 9.11. The van der Waals surface area contributed by atoms with Gasteiger partial charge < -0.3 is 15.0 Å². The number of benzene rings is 3. The summed E-state index contributed by atoms with van der Waals surface area (Å²) in [5.74, 6) is 1.11. The van der Waals surface area contributed by atoms with E-state index in [2.05, 4.69) is 82.7 Å². The van der Waals surface area contributed by atoms with Gasteiger partial charge in [0.1, 0.15) is 11.9 Å². The van der Waals surface area contributed by atoms with Gasteiger partial charge >= 0.3 is 0 Å². The molecule has 1 N–H and O–H groups in total. The van der Waals surface area contributed by atoms with Gasteiger partial charge in [0.15, 0.2) is 0 Å².